The Balaban J connectivity index is 1.60. The van der Waals surface area contributed by atoms with E-state index in [9.17, 15) is 4.79 Å². The van der Waals surface area contributed by atoms with Crippen molar-refractivity contribution in [2.24, 2.45) is 5.92 Å². The summed E-state index contributed by atoms with van der Waals surface area (Å²) in [5, 5.41) is 0. The molecule has 0 aliphatic rings. The molecule has 162 valence electrons. The number of carbonyl (C=O) groups is 1. The molecular formula is C27H32N2O2. The molecule has 0 saturated carbocycles. The number of aromatic nitrogens is 2. The molecule has 3 aromatic rings. The van der Waals surface area contributed by atoms with E-state index in [1.807, 2.05) is 36.7 Å². The first-order valence-corrected chi connectivity index (χ1v) is 11.3. The van der Waals surface area contributed by atoms with Crippen molar-refractivity contribution in [1.82, 2.24) is 9.97 Å². The summed E-state index contributed by atoms with van der Waals surface area (Å²) >= 11 is 0. The molecule has 1 atom stereocenters. The third-order valence-corrected chi connectivity index (χ3v) is 5.64. The minimum atomic E-state index is -0.179. The molecule has 0 amide bonds. The molecule has 1 heterocycles. The third kappa shape index (κ3) is 6.74. The van der Waals surface area contributed by atoms with Crippen LogP contribution in [0.5, 0.6) is 5.75 Å². The maximum Gasteiger partial charge on any atom is 0.311 e. The second-order valence-corrected chi connectivity index (χ2v) is 8.15. The third-order valence-electron chi connectivity index (χ3n) is 5.64. The zero-order valence-corrected chi connectivity index (χ0v) is 18.8. The van der Waals surface area contributed by atoms with Crippen molar-refractivity contribution in [2.45, 2.75) is 59.3 Å². The van der Waals surface area contributed by atoms with E-state index in [1.165, 1.54) is 18.4 Å². The summed E-state index contributed by atoms with van der Waals surface area (Å²) in [5.41, 5.74) is 4.29. The van der Waals surface area contributed by atoms with Gasteiger partial charge >= 0.3 is 5.97 Å². The van der Waals surface area contributed by atoms with Crippen LogP contribution in [-0.4, -0.2) is 15.9 Å². The van der Waals surface area contributed by atoms with Gasteiger partial charge in [-0.2, -0.15) is 0 Å². The summed E-state index contributed by atoms with van der Waals surface area (Å²) < 4.78 is 5.44. The Kier molecular flexibility index (Phi) is 8.34. The van der Waals surface area contributed by atoms with Crippen LogP contribution in [0.25, 0.3) is 22.5 Å². The summed E-state index contributed by atoms with van der Waals surface area (Å²) in [6.07, 6.45) is 9.58. The zero-order chi connectivity index (χ0) is 22.1. The van der Waals surface area contributed by atoms with Gasteiger partial charge in [0.25, 0.3) is 0 Å². The highest BCUT2D eigenvalue weighted by molar-refractivity contribution is 5.73. The van der Waals surface area contributed by atoms with Gasteiger partial charge in [0.2, 0.25) is 0 Å². The van der Waals surface area contributed by atoms with Gasteiger partial charge in [0.05, 0.1) is 0 Å². The quantitative estimate of drug-likeness (QED) is 0.267. The Morgan fingerprint density at radius 2 is 1.55 bits per heavy atom. The number of ether oxygens (including phenoxy) is 1. The van der Waals surface area contributed by atoms with E-state index in [0.29, 0.717) is 18.1 Å². The fourth-order valence-electron chi connectivity index (χ4n) is 3.29. The van der Waals surface area contributed by atoms with Gasteiger partial charge in [0, 0.05) is 29.9 Å². The molecule has 4 nitrogen and oxygen atoms in total. The second kappa shape index (κ2) is 11.4. The average Bonchev–Trinajstić information content (AvgIpc) is 2.82. The summed E-state index contributed by atoms with van der Waals surface area (Å²) in [6, 6.07) is 16.0. The number of benzene rings is 2. The standard InChI is InChI=1S/C27H32N2O2/c1-4-6-7-21-9-11-23(12-10-21)27-28-18-24(19-29-27)22-13-15-25(16-14-22)31-26(30)17-8-20(3)5-2/h9-16,18-20H,4-8,17H2,1-3H3. The van der Waals surface area contributed by atoms with E-state index in [-0.39, 0.29) is 5.97 Å². The molecule has 4 heteroatoms. The SMILES string of the molecule is CCCCc1ccc(-c2ncc(-c3ccc(OC(=O)CCC(C)CC)cc3)cn2)cc1. The minimum absolute atomic E-state index is 0.179. The first-order valence-electron chi connectivity index (χ1n) is 11.3. The van der Waals surface area contributed by atoms with Gasteiger partial charge in [-0.25, -0.2) is 9.97 Å². The van der Waals surface area contributed by atoms with Crippen LogP contribution in [0.1, 0.15) is 58.4 Å². The van der Waals surface area contributed by atoms with E-state index in [4.69, 9.17) is 4.74 Å². The van der Waals surface area contributed by atoms with Crippen LogP contribution >= 0.6 is 0 Å². The number of unbranched alkanes of at least 4 members (excludes halogenated alkanes) is 1. The predicted octanol–water partition coefficient (Wildman–Crippen LogP) is 6.88. The van der Waals surface area contributed by atoms with Crippen molar-refractivity contribution in [3.8, 4) is 28.3 Å². The topological polar surface area (TPSA) is 52.1 Å². The van der Waals surface area contributed by atoms with Crippen LogP contribution in [0.3, 0.4) is 0 Å². The molecule has 0 radical (unpaired) electrons. The molecule has 31 heavy (non-hydrogen) atoms. The van der Waals surface area contributed by atoms with Crippen molar-refractivity contribution >= 4 is 5.97 Å². The molecule has 3 rings (SSSR count). The molecule has 0 fully saturated rings. The summed E-state index contributed by atoms with van der Waals surface area (Å²) in [6.45, 7) is 6.49. The number of nitrogens with zero attached hydrogens (tertiary/aromatic N) is 2. The Morgan fingerprint density at radius 1 is 0.903 bits per heavy atom. The van der Waals surface area contributed by atoms with Gasteiger partial charge in [-0.1, -0.05) is 70.0 Å². The molecule has 0 bridgehead atoms. The lowest BCUT2D eigenvalue weighted by molar-refractivity contribution is -0.134. The highest BCUT2D eigenvalue weighted by atomic mass is 16.5. The molecule has 0 aliphatic heterocycles. The Hall–Kier alpha value is -3.01. The van der Waals surface area contributed by atoms with Gasteiger partial charge in [-0.15, -0.1) is 0 Å². The second-order valence-electron chi connectivity index (χ2n) is 8.15. The Labute approximate surface area is 185 Å². The lowest BCUT2D eigenvalue weighted by Gasteiger charge is -2.09. The van der Waals surface area contributed by atoms with Gasteiger partial charge in [-0.05, 0) is 48.4 Å². The number of rotatable bonds is 10. The van der Waals surface area contributed by atoms with Crippen LogP contribution in [0.2, 0.25) is 0 Å². The fourth-order valence-corrected chi connectivity index (χ4v) is 3.29. The van der Waals surface area contributed by atoms with Crippen molar-refractivity contribution < 1.29 is 9.53 Å². The molecule has 1 unspecified atom stereocenters. The Morgan fingerprint density at radius 3 is 2.16 bits per heavy atom. The lowest BCUT2D eigenvalue weighted by Crippen LogP contribution is -2.09. The molecule has 1 aromatic heterocycles. The van der Waals surface area contributed by atoms with Crippen molar-refractivity contribution in [2.75, 3.05) is 0 Å². The Bertz CT molecular complexity index is 948. The van der Waals surface area contributed by atoms with Crippen LogP contribution in [-0.2, 0) is 11.2 Å². The molecule has 0 saturated heterocycles. The van der Waals surface area contributed by atoms with E-state index < -0.39 is 0 Å². The molecule has 0 aliphatic carbocycles. The van der Waals surface area contributed by atoms with E-state index in [1.54, 1.807) is 0 Å². The molecule has 2 aromatic carbocycles. The van der Waals surface area contributed by atoms with E-state index >= 15 is 0 Å². The monoisotopic (exact) mass is 416 g/mol. The van der Waals surface area contributed by atoms with E-state index in [2.05, 4.69) is 55.0 Å². The predicted molar refractivity (Wildman–Crippen MR) is 126 cm³/mol. The molecular weight excluding hydrogens is 384 g/mol. The van der Waals surface area contributed by atoms with Crippen LogP contribution in [0.4, 0.5) is 0 Å². The van der Waals surface area contributed by atoms with Crippen molar-refractivity contribution in [1.29, 1.82) is 0 Å². The summed E-state index contributed by atoms with van der Waals surface area (Å²) in [5.74, 6) is 1.65. The number of hydrogen-bond acceptors (Lipinski definition) is 4. The van der Waals surface area contributed by atoms with Crippen LogP contribution in [0, 0.1) is 5.92 Å². The molecule has 0 spiro atoms. The normalized spacial score (nSPS) is 11.8. The maximum atomic E-state index is 12.0. The number of aryl methyl sites for hydroxylation is 1. The highest BCUT2D eigenvalue weighted by Crippen LogP contribution is 2.24. The first-order chi connectivity index (χ1) is 15.1. The summed E-state index contributed by atoms with van der Waals surface area (Å²) in [7, 11) is 0. The van der Waals surface area contributed by atoms with Gasteiger partial charge in [0.15, 0.2) is 5.82 Å². The maximum absolute atomic E-state index is 12.0. The summed E-state index contributed by atoms with van der Waals surface area (Å²) in [4.78, 5) is 21.1. The fraction of sp³-hybridized carbons (Fsp3) is 0.370. The molecule has 0 N–H and O–H groups in total. The van der Waals surface area contributed by atoms with Crippen LogP contribution < -0.4 is 4.74 Å². The average molecular weight is 417 g/mol. The van der Waals surface area contributed by atoms with Gasteiger partial charge in [0.1, 0.15) is 5.75 Å². The lowest BCUT2D eigenvalue weighted by atomic mass is 10.0. The minimum Gasteiger partial charge on any atom is -0.427 e. The number of esters is 1. The highest BCUT2D eigenvalue weighted by Gasteiger charge is 2.09. The van der Waals surface area contributed by atoms with E-state index in [0.717, 1.165) is 41.8 Å². The number of carbonyl (C=O) groups excluding carboxylic acids is 1. The van der Waals surface area contributed by atoms with Crippen molar-refractivity contribution in [3.05, 3.63) is 66.5 Å². The van der Waals surface area contributed by atoms with Crippen LogP contribution in [0.15, 0.2) is 60.9 Å². The van der Waals surface area contributed by atoms with Gasteiger partial charge in [-0.3, -0.25) is 4.79 Å². The smallest absolute Gasteiger partial charge is 0.311 e. The number of hydrogen-bond donors (Lipinski definition) is 0. The van der Waals surface area contributed by atoms with Gasteiger partial charge < -0.3 is 4.74 Å². The van der Waals surface area contributed by atoms with Crippen molar-refractivity contribution in [3.63, 3.8) is 0 Å². The first kappa shape index (κ1) is 22.7. The zero-order valence-electron chi connectivity index (χ0n) is 18.8. The largest absolute Gasteiger partial charge is 0.427 e.